The summed E-state index contributed by atoms with van der Waals surface area (Å²) in [6.45, 7) is 0.564. The third-order valence-electron chi connectivity index (χ3n) is 2.78. The molecule has 6 nitrogen and oxygen atoms in total. The second-order valence-electron chi connectivity index (χ2n) is 4.22. The maximum Gasteiger partial charge on any atom is 0.233 e. The van der Waals surface area contributed by atoms with E-state index in [0.717, 1.165) is 11.3 Å². The molecule has 0 fully saturated rings. The van der Waals surface area contributed by atoms with Gasteiger partial charge >= 0.3 is 0 Å². The van der Waals surface area contributed by atoms with Crippen molar-refractivity contribution in [1.82, 2.24) is 14.8 Å². The highest BCUT2D eigenvalue weighted by molar-refractivity contribution is 8.13. The van der Waals surface area contributed by atoms with Crippen LogP contribution in [-0.2, 0) is 22.0 Å². The summed E-state index contributed by atoms with van der Waals surface area (Å²) in [5.41, 5.74) is 1.04. The first-order valence-electron chi connectivity index (χ1n) is 5.90. The molecule has 0 N–H and O–H groups in total. The van der Waals surface area contributed by atoms with Crippen LogP contribution in [0.1, 0.15) is 11.4 Å². The molecule has 0 radical (unpaired) electrons. The SMILES string of the molecule is COc1ccc(Cn2cnnc2CCS(=O)(=O)Cl)cc1. The highest BCUT2D eigenvalue weighted by Crippen LogP contribution is 2.13. The summed E-state index contributed by atoms with van der Waals surface area (Å²) in [6, 6.07) is 7.59. The van der Waals surface area contributed by atoms with Gasteiger partial charge in [-0.2, -0.15) is 0 Å². The summed E-state index contributed by atoms with van der Waals surface area (Å²) in [6.07, 6.45) is 1.81. The normalized spacial score (nSPS) is 11.5. The Balaban J connectivity index is 2.07. The van der Waals surface area contributed by atoms with Crippen molar-refractivity contribution in [2.75, 3.05) is 12.9 Å². The summed E-state index contributed by atoms with van der Waals surface area (Å²) < 4.78 is 28.8. The monoisotopic (exact) mass is 315 g/mol. The molecule has 0 aliphatic rings. The number of aromatic nitrogens is 3. The summed E-state index contributed by atoms with van der Waals surface area (Å²) in [5.74, 6) is 1.21. The largest absolute Gasteiger partial charge is 0.497 e. The number of nitrogens with zero attached hydrogens (tertiary/aromatic N) is 3. The Kier molecular flexibility index (Phi) is 4.61. The van der Waals surface area contributed by atoms with Crippen LogP contribution in [-0.4, -0.2) is 36.0 Å². The van der Waals surface area contributed by atoms with Crippen molar-refractivity contribution in [3.8, 4) is 5.75 Å². The minimum Gasteiger partial charge on any atom is -0.497 e. The van der Waals surface area contributed by atoms with E-state index in [1.807, 2.05) is 24.3 Å². The molecule has 0 bridgehead atoms. The van der Waals surface area contributed by atoms with Crippen LogP contribution < -0.4 is 4.74 Å². The highest BCUT2D eigenvalue weighted by atomic mass is 35.7. The lowest BCUT2D eigenvalue weighted by Gasteiger charge is -2.07. The van der Waals surface area contributed by atoms with Gasteiger partial charge in [0.1, 0.15) is 17.9 Å². The molecule has 0 spiro atoms. The first-order chi connectivity index (χ1) is 9.48. The molecule has 0 saturated heterocycles. The third-order valence-corrected chi connectivity index (χ3v) is 3.93. The topological polar surface area (TPSA) is 74.1 Å². The maximum atomic E-state index is 11.0. The van der Waals surface area contributed by atoms with Crippen LogP contribution in [0.4, 0.5) is 0 Å². The van der Waals surface area contributed by atoms with E-state index in [0.29, 0.717) is 12.4 Å². The first kappa shape index (κ1) is 14.8. The van der Waals surface area contributed by atoms with Crippen LogP contribution in [0.3, 0.4) is 0 Å². The van der Waals surface area contributed by atoms with E-state index in [1.165, 1.54) is 0 Å². The smallest absolute Gasteiger partial charge is 0.233 e. The van der Waals surface area contributed by atoms with Crippen molar-refractivity contribution in [2.45, 2.75) is 13.0 Å². The van der Waals surface area contributed by atoms with Gasteiger partial charge in [0, 0.05) is 17.1 Å². The lowest BCUT2D eigenvalue weighted by atomic mass is 10.2. The Morgan fingerprint density at radius 2 is 2.00 bits per heavy atom. The fraction of sp³-hybridized carbons (Fsp3) is 0.333. The van der Waals surface area contributed by atoms with Gasteiger partial charge in [0.2, 0.25) is 9.05 Å². The number of methoxy groups -OCH3 is 1. The molecule has 0 atom stereocenters. The van der Waals surface area contributed by atoms with Crippen LogP contribution >= 0.6 is 10.7 Å². The van der Waals surface area contributed by atoms with Crippen LogP contribution in [0.2, 0.25) is 0 Å². The van der Waals surface area contributed by atoms with E-state index in [2.05, 4.69) is 10.2 Å². The molecule has 0 aliphatic heterocycles. The molecule has 0 aliphatic carbocycles. The number of halogens is 1. The molecule has 1 heterocycles. The van der Waals surface area contributed by atoms with Crippen molar-refractivity contribution >= 4 is 19.7 Å². The van der Waals surface area contributed by atoms with Crippen molar-refractivity contribution in [2.24, 2.45) is 0 Å². The number of hydrogen-bond donors (Lipinski definition) is 0. The average molecular weight is 316 g/mol. The van der Waals surface area contributed by atoms with Gasteiger partial charge in [-0.1, -0.05) is 12.1 Å². The zero-order valence-corrected chi connectivity index (χ0v) is 12.4. The highest BCUT2D eigenvalue weighted by Gasteiger charge is 2.10. The zero-order chi connectivity index (χ0) is 14.6. The van der Waals surface area contributed by atoms with E-state index < -0.39 is 9.05 Å². The van der Waals surface area contributed by atoms with Gasteiger partial charge in [-0.3, -0.25) is 0 Å². The van der Waals surface area contributed by atoms with Crippen LogP contribution in [0.15, 0.2) is 30.6 Å². The molecule has 108 valence electrons. The summed E-state index contributed by atoms with van der Waals surface area (Å²) in [4.78, 5) is 0. The van der Waals surface area contributed by atoms with Gasteiger partial charge in [0.15, 0.2) is 0 Å². The number of aryl methyl sites for hydroxylation is 1. The number of ether oxygens (including phenoxy) is 1. The molecule has 20 heavy (non-hydrogen) atoms. The van der Waals surface area contributed by atoms with E-state index in [1.54, 1.807) is 18.0 Å². The maximum absolute atomic E-state index is 11.0. The standard InChI is InChI=1S/C12H14ClN3O3S/c1-19-11-4-2-10(3-5-11)8-16-9-14-15-12(16)6-7-20(13,17)18/h2-5,9H,6-8H2,1H3. The molecule has 8 heteroatoms. The van der Waals surface area contributed by atoms with E-state index in [9.17, 15) is 8.42 Å². The van der Waals surface area contributed by atoms with E-state index in [4.69, 9.17) is 15.4 Å². The summed E-state index contributed by atoms with van der Waals surface area (Å²) in [7, 11) is 3.28. The lowest BCUT2D eigenvalue weighted by Crippen LogP contribution is -2.09. The Hall–Kier alpha value is -1.60. The lowest BCUT2D eigenvalue weighted by molar-refractivity contribution is 0.414. The quantitative estimate of drug-likeness (QED) is 0.754. The second kappa shape index (κ2) is 6.23. The molecule has 2 rings (SSSR count). The third kappa shape index (κ3) is 4.21. The fourth-order valence-electron chi connectivity index (χ4n) is 1.75. The minimum atomic E-state index is -3.52. The van der Waals surface area contributed by atoms with Crippen molar-refractivity contribution in [3.63, 3.8) is 0 Å². The summed E-state index contributed by atoms with van der Waals surface area (Å²) >= 11 is 0. The Morgan fingerprint density at radius 1 is 1.30 bits per heavy atom. The van der Waals surface area contributed by atoms with Gasteiger partial charge in [-0.15, -0.1) is 10.2 Å². The van der Waals surface area contributed by atoms with Crippen LogP contribution in [0.25, 0.3) is 0 Å². The number of rotatable bonds is 6. The Labute approximate surface area is 121 Å². The van der Waals surface area contributed by atoms with Gasteiger partial charge in [-0.25, -0.2) is 8.42 Å². The molecule has 1 aromatic carbocycles. The molecule has 0 amide bonds. The molecular weight excluding hydrogens is 302 g/mol. The Morgan fingerprint density at radius 3 is 2.60 bits per heavy atom. The fourth-order valence-corrected chi connectivity index (χ4v) is 2.40. The molecule has 1 aromatic heterocycles. The predicted octanol–water partition coefficient (Wildman–Crippen LogP) is 1.45. The van der Waals surface area contributed by atoms with Gasteiger partial charge in [-0.05, 0) is 17.7 Å². The number of benzene rings is 1. The van der Waals surface area contributed by atoms with E-state index in [-0.39, 0.29) is 12.2 Å². The van der Waals surface area contributed by atoms with Gasteiger partial charge in [0.05, 0.1) is 19.4 Å². The van der Waals surface area contributed by atoms with E-state index >= 15 is 0 Å². The molecular formula is C12H14ClN3O3S. The van der Waals surface area contributed by atoms with Crippen molar-refractivity contribution in [1.29, 1.82) is 0 Å². The average Bonchev–Trinajstić information content (AvgIpc) is 2.84. The molecule has 0 unspecified atom stereocenters. The molecule has 0 saturated carbocycles. The van der Waals surface area contributed by atoms with Crippen molar-refractivity contribution < 1.29 is 13.2 Å². The van der Waals surface area contributed by atoms with Gasteiger partial charge in [0.25, 0.3) is 0 Å². The minimum absolute atomic E-state index is 0.157. The van der Waals surface area contributed by atoms with Crippen LogP contribution in [0, 0.1) is 0 Å². The second-order valence-corrected chi connectivity index (χ2v) is 7.11. The predicted molar refractivity (Wildman–Crippen MR) is 75.5 cm³/mol. The first-order valence-corrected chi connectivity index (χ1v) is 8.38. The molecule has 2 aromatic rings. The zero-order valence-electron chi connectivity index (χ0n) is 10.9. The van der Waals surface area contributed by atoms with Crippen LogP contribution in [0.5, 0.6) is 5.75 Å². The summed E-state index contributed by atoms with van der Waals surface area (Å²) in [5, 5.41) is 7.72. The Bertz CT molecular complexity index is 668. The van der Waals surface area contributed by atoms with Crippen molar-refractivity contribution in [3.05, 3.63) is 42.0 Å². The number of hydrogen-bond acceptors (Lipinski definition) is 5. The van der Waals surface area contributed by atoms with Gasteiger partial charge < -0.3 is 9.30 Å².